The number of hydrogen-bond donors (Lipinski definition) is 4. The van der Waals surface area contributed by atoms with E-state index >= 15 is 0 Å². The second kappa shape index (κ2) is 11.0. The third kappa shape index (κ3) is 5.82. The van der Waals surface area contributed by atoms with Crippen LogP contribution in [0, 0.1) is 5.92 Å². The van der Waals surface area contributed by atoms with E-state index in [9.17, 15) is 19.8 Å². The first-order valence-corrected chi connectivity index (χ1v) is 10.7. The van der Waals surface area contributed by atoms with Gasteiger partial charge in [0.05, 0.1) is 13.2 Å². The molecule has 2 aromatic carbocycles. The molecule has 1 fully saturated rings. The van der Waals surface area contributed by atoms with E-state index < -0.39 is 24.3 Å². The molecule has 1 heterocycles. The van der Waals surface area contributed by atoms with Gasteiger partial charge in [0.2, 0.25) is 0 Å². The van der Waals surface area contributed by atoms with Crippen LogP contribution in [0.1, 0.15) is 12.5 Å². The third-order valence-electron chi connectivity index (χ3n) is 4.99. The molecule has 3 rings (SSSR count). The van der Waals surface area contributed by atoms with E-state index in [1.807, 2.05) is 6.92 Å². The van der Waals surface area contributed by atoms with Gasteiger partial charge in [-0.2, -0.15) is 0 Å². The highest BCUT2D eigenvalue weighted by atomic mass is 35.5. The smallest absolute Gasteiger partial charge is 0.331 e. The van der Waals surface area contributed by atoms with Gasteiger partial charge in [0.1, 0.15) is 5.75 Å². The molecule has 1 atom stereocenters. The number of anilines is 1. The number of aliphatic hydroxyl groups is 2. The number of rotatable bonds is 10. The summed E-state index contributed by atoms with van der Waals surface area (Å²) in [5.74, 6) is 0.0859. The molecule has 2 aromatic rings. The summed E-state index contributed by atoms with van der Waals surface area (Å²) >= 11 is 5.97. The Hall–Kier alpha value is -3.01. The lowest BCUT2D eigenvalue weighted by Gasteiger charge is -2.42. The number of benzene rings is 2. The minimum atomic E-state index is -0.818. The van der Waals surface area contributed by atoms with E-state index in [0.29, 0.717) is 23.1 Å². The van der Waals surface area contributed by atoms with Gasteiger partial charge >= 0.3 is 12.1 Å². The van der Waals surface area contributed by atoms with Crippen LogP contribution < -0.4 is 15.4 Å². The molecular formula is C22H27ClN4O5. The summed E-state index contributed by atoms with van der Waals surface area (Å²) in [5.41, 5.74) is 1.50. The molecular weight excluding hydrogens is 436 g/mol. The topological polar surface area (TPSA) is 114 Å². The fourth-order valence-electron chi connectivity index (χ4n) is 3.25. The molecule has 172 valence electrons. The molecule has 0 spiro atoms. The van der Waals surface area contributed by atoms with Crippen molar-refractivity contribution < 1.29 is 24.5 Å². The molecule has 4 N–H and O–H groups in total. The molecule has 0 bridgehead atoms. The van der Waals surface area contributed by atoms with Crippen LogP contribution in [0.3, 0.4) is 0 Å². The van der Waals surface area contributed by atoms with E-state index in [2.05, 4.69) is 10.6 Å². The van der Waals surface area contributed by atoms with Gasteiger partial charge in [-0.3, -0.25) is 10.2 Å². The minimum Gasteiger partial charge on any atom is -0.494 e. The van der Waals surface area contributed by atoms with Gasteiger partial charge in [0, 0.05) is 36.4 Å². The number of nitrogens with zero attached hydrogens (tertiary/aromatic N) is 2. The molecule has 4 amide bonds. The van der Waals surface area contributed by atoms with E-state index in [1.165, 1.54) is 4.90 Å². The molecule has 0 aromatic heterocycles. The number of aliphatic hydroxyl groups excluding tert-OH is 2. The Kier molecular flexibility index (Phi) is 8.15. The van der Waals surface area contributed by atoms with Crippen LogP contribution in [-0.4, -0.2) is 64.7 Å². The minimum absolute atomic E-state index is 0.107. The quantitative estimate of drug-likeness (QED) is 0.431. The molecule has 1 unspecified atom stereocenters. The van der Waals surface area contributed by atoms with Crippen LogP contribution in [0.25, 0.3) is 0 Å². The van der Waals surface area contributed by atoms with Crippen molar-refractivity contribution in [3.63, 3.8) is 0 Å². The zero-order valence-electron chi connectivity index (χ0n) is 17.7. The van der Waals surface area contributed by atoms with Crippen molar-refractivity contribution in [3.8, 4) is 5.75 Å². The zero-order valence-corrected chi connectivity index (χ0v) is 18.5. The predicted molar refractivity (Wildman–Crippen MR) is 120 cm³/mol. The van der Waals surface area contributed by atoms with Crippen molar-refractivity contribution in [3.05, 3.63) is 59.1 Å². The monoisotopic (exact) mass is 462 g/mol. The maximum Gasteiger partial charge on any atom is 0.331 e. The molecule has 0 radical (unpaired) electrons. The summed E-state index contributed by atoms with van der Waals surface area (Å²) in [7, 11) is 0. The fourth-order valence-corrected chi connectivity index (χ4v) is 3.37. The normalized spacial score (nSPS) is 16.3. The lowest BCUT2D eigenvalue weighted by atomic mass is 10.1. The van der Waals surface area contributed by atoms with Crippen molar-refractivity contribution in [2.24, 2.45) is 5.92 Å². The number of amides is 4. The number of ether oxygens (including phenoxy) is 1. The van der Waals surface area contributed by atoms with E-state index in [0.717, 1.165) is 10.5 Å². The van der Waals surface area contributed by atoms with Gasteiger partial charge < -0.3 is 20.3 Å². The Morgan fingerprint density at radius 2 is 1.75 bits per heavy atom. The number of hydrogen-bond acceptors (Lipinski definition) is 6. The number of carbonyl (C=O) groups is 2. The van der Waals surface area contributed by atoms with Crippen LogP contribution in [0.15, 0.2) is 48.5 Å². The highest BCUT2D eigenvalue weighted by Crippen LogP contribution is 2.21. The largest absolute Gasteiger partial charge is 0.494 e. The van der Waals surface area contributed by atoms with Crippen molar-refractivity contribution in [2.75, 3.05) is 31.7 Å². The Bertz CT molecular complexity index is 906. The molecule has 9 nitrogen and oxygen atoms in total. The van der Waals surface area contributed by atoms with Crippen molar-refractivity contribution in [2.45, 2.75) is 19.8 Å². The number of imide groups is 1. The van der Waals surface area contributed by atoms with Gasteiger partial charge in [-0.1, -0.05) is 23.7 Å². The standard InChI is InChI=1S/C22H27ClN4O5/c1-2-32-19-9-7-18(8-10-19)24-20-25-21(30)27(12-16(13-28)14-29)22(31)26(20)11-15-3-5-17(23)6-4-15/h3-10,16,20,24,28-29H,2,11-14H2,1H3,(H,25,30). The molecule has 0 saturated carbocycles. The maximum absolute atomic E-state index is 13.3. The number of carbonyl (C=O) groups excluding carboxylic acids is 2. The lowest BCUT2D eigenvalue weighted by molar-refractivity contribution is 0.0826. The second-order valence-corrected chi connectivity index (χ2v) is 7.77. The van der Waals surface area contributed by atoms with Gasteiger partial charge in [0.25, 0.3) is 0 Å². The average molecular weight is 463 g/mol. The summed E-state index contributed by atoms with van der Waals surface area (Å²) in [4.78, 5) is 28.4. The fraction of sp³-hybridized carbons (Fsp3) is 0.364. The number of urea groups is 2. The van der Waals surface area contributed by atoms with Gasteiger partial charge in [0.15, 0.2) is 6.29 Å². The molecule has 1 saturated heterocycles. The molecule has 0 aliphatic carbocycles. The molecule has 1 aliphatic heterocycles. The summed E-state index contributed by atoms with van der Waals surface area (Å²) in [6.07, 6.45) is -0.818. The van der Waals surface area contributed by atoms with Crippen molar-refractivity contribution in [1.82, 2.24) is 15.1 Å². The van der Waals surface area contributed by atoms with Crippen molar-refractivity contribution >= 4 is 29.4 Å². The van der Waals surface area contributed by atoms with Crippen LogP contribution in [0.5, 0.6) is 5.75 Å². The Labute approximate surface area is 191 Å². The van der Waals surface area contributed by atoms with E-state index in [1.54, 1.807) is 48.5 Å². The first-order valence-electron chi connectivity index (χ1n) is 10.3. The van der Waals surface area contributed by atoms with Gasteiger partial charge in [-0.15, -0.1) is 0 Å². The Morgan fingerprint density at radius 1 is 1.09 bits per heavy atom. The molecule has 1 aliphatic rings. The number of nitrogens with one attached hydrogen (secondary N) is 2. The van der Waals surface area contributed by atoms with Gasteiger partial charge in [-0.05, 0) is 48.9 Å². The summed E-state index contributed by atoms with van der Waals surface area (Å²) in [6.45, 7) is 1.84. The van der Waals surface area contributed by atoms with Gasteiger partial charge in [-0.25, -0.2) is 14.5 Å². The first kappa shape index (κ1) is 23.6. The summed E-state index contributed by atoms with van der Waals surface area (Å²) in [6, 6.07) is 13.1. The number of halogens is 1. The Morgan fingerprint density at radius 3 is 2.34 bits per heavy atom. The van der Waals surface area contributed by atoms with Crippen LogP contribution in [-0.2, 0) is 6.54 Å². The highest BCUT2D eigenvalue weighted by molar-refractivity contribution is 6.30. The zero-order chi connectivity index (χ0) is 23.1. The summed E-state index contributed by atoms with van der Waals surface area (Å²) in [5, 5.41) is 25.3. The van der Waals surface area contributed by atoms with Crippen LogP contribution >= 0.6 is 11.6 Å². The summed E-state index contributed by atoms with van der Waals surface area (Å²) < 4.78 is 5.45. The highest BCUT2D eigenvalue weighted by Gasteiger charge is 2.39. The SMILES string of the molecule is CCOc1ccc(NC2NC(=O)N(CC(CO)CO)C(=O)N2Cc2ccc(Cl)cc2)cc1. The molecule has 32 heavy (non-hydrogen) atoms. The third-order valence-corrected chi connectivity index (χ3v) is 5.24. The second-order valence-electron chi connectivity index (χ2n) is 7.33. The Balaban J connectivity index is 1.83. The van der Waals surface area contributed by atoms with E-state index in [4.69, 9.17) is 16.3 Å². The maximum atomic E-state index is 13.3. The average Bonchev–Trinajstić information content (AvgIpc) is 2.79. The lowest BCUT2D eigenvalue weighted by Crippen LogP contribution is -2.67. The molecule has 10 heteroatoms. The van der Waals surface area contributed by atoms with Crippen LogP contribution in [0.2, 0.25) is 5.02 Å². The van der Waals surface area contributed by atoms with Crippen molar-refractivity contribution in [1.29, 1.82) is 0 Å². The van der Waals surface area contributed by atoms with E-state index in [-0.39, 0.29) is 26.3 Å². The predicted octanol–water partition coefficient (Wildman–Crippen LogP) is 2.68. The first-order chi connectivity index (χ1) is 15.4. The van der Waals surface area contributed by atoms with Crippen LogP contribution in [0.4, 0.5) is 15.3 Å².